The highest BCUT2D eigenvalue weighted by atomic mass is 19.1. The summed E-state index contributed by atoms with van der Waals surface area (Å²) in [6.07, 6.45) is 1.84. The van der Waals surface area contributed by atoms with Gasteiger partial charge in [-0.25, -0.2) is 4.39 Å². The Morgan fingerprint density at radius 2 is 1.81 bits per heavy atom. The minimum atomic E-state index is -0.228. The van der Waals surface area contributed by atoms with Crippen molar-refractivity contribution in [3.63, 3.8) is 0 Å². The lowest BCUT2D eigenvalue weighted by Crippen LogP contribution is -2.05. The fourth-order valence-electron chi connectivity index (χ4n) is 4.16. The van der Waals surface area contributed by atoms with Crippen LogP contribution in [-0.2, 0) is 7.05 Å². The summed E-state index contributed by atoms with van der Waals surface area (Å²) in [4.78, 5) is 4.57. The van der Waals surface area contributed by atoms with Crippen molar-refractivity contribution in [2.24, 2.45) is 12.8 Å². The largest absolute Gasteiger partial charge is 0.496 e. The van der Waals surface area contributed by atoms with Crippen molar-refractivity contribution < 1.29 is 9.13 Å². The van der Waals surface area contributed by atoms with Gasteiger partial charge in [-0.3, -0.25) is 9.67 Å². The molecule has 5 rings (SSSR count). The summed E-state index contributed by atoms with van der Waals surface area (Å²) in [7, 11) is 3.58. The molecule has 5 aromatic rings. The zero-order chi connectivity index (χ0) is 26.7. The van der Waals surface area contributed by atoms with Gasteiger partial charge in [-0.15, -0.1) is 0 Å². The molecule has 2 heterocycles. The van der Waals surface area contributed by atoms with E-state index in [1.54, 1.807) is 19.2 Å². The van der Waals surface area contributed by atoms with E-state index in [0.29, 0.717) is 11.3 Å². The number of aryl methyl sites for hydroxylation is 2. The molecule has 6 nitrogen and oxygen atoms in total. The van der Waals surface area contributed by atoms with Gasteiger partial charge in [-0.05, 0) is 48.4 Å². The van der Waals surface area contributed by atoms with Gasteiger partial charge in [0.2, 0.25) is 0 Å². The Morgan fingerprint density at radius 3 is 2.41 bits per heavy atom. The third kappa shape index (κ3) is 5.14. The molecule has 0 bridgehead atoms. The van der Waals surface area contributed by atoms with Crippen LogP contribution in [0.3, 0.4) is 0 Å². The molecular formula is C30H28FN5O. The van der Waals surface area contributed by atoms with Crippen LogP contribution in [0, 0.1) is 24.1 Å². The van der Waals surface area contributed by atoms with Gasteiger partial charge in [0.25, 0.3) is 0 Å². The zero-order valence-corrected chi connectivity index (χ0v) is 21.3. The van der Waals surface area contributed by atoms with Crippen molar-refractivity contribution >= 4 is 21.8 Å². The summed E-state index contributed by atoms with van der Waals surface area (Å²) in [6.45, 7) is 7.60. The molecule has 37 heavy (non-hydrogen) atoms. The van der Waals surface area contributed by atoms with Gasteiger partial charge in [-0.1, -0.05) is 37.8 Å². The van der Waals surface area contributed by atoms with Gasteiger partial charge in [0, 0.05) is 41.1 Å². The van der Waals surface area contributed by atoms with Gasteiger partial charge in [0.05, 0.1) is 36.0 Å². The number of allylic oxidation sites excluding steroid dienone is 1. The Bertz CT molecular complexity index is 1630. The lowest BCUT2D eigenvalue weighted by atomic mass is 9.99. The molecule has 0 saturated carbocycles. The summed E-state index contributed by atoms with van der Waals surface area (Å²) in [5.74, 6) is 0.683. The molecule has 3 aromatic carbocycles. The van der Waals surface area contributed by atoms with E-state index in [1.165, 1.54) is 12.1 Å². The molecule has 0 spiro atoms. The summed E-state index contributed by atoms with van der Waals surface area (Å²) < 4.78 is 19.8. The van der Waals surface area contributed by atoms with Crippen molar-refractivity contribution in [2.45, 2.75) is 19.8 Å². The van der Waals surface area contributed by atoms with Crippen molar-refractivity contribution in [3.05, 3.63) is 102 Å². The number of hydrogen-bond acceptors (Lipinski definition) is 5. The first kappa shape index (κ1) is 25.4. The van der Waals surface area contributed by atoms with E-state index in [2.05, 4.69) is 23.7 Å². The van der Waals surface area contributed by atoms with E-state index in [4.69, 9.17) is 20.8 Å². The maximum atomic E-state index is 12.5. The normalized spacial score (nSPS) is 11.5. The smallest absolute Gasteiger partial charge is 0.123 e. The quantitative estimate of drug-likeness (QED) is 0.314. The monoisotopic (exact) mass is 493 g/mol. The number of aromatic nitrogens is 3. The van der Waals surface area contributed by atoms with Crippen LogP contribution in [0.4, 0.5) is 4.39 Å². The minimum Gasteiger partial charge on any atom is -0.496 e. The number of fused-ring (bicyclic) bond motifs is 3. The third-order valence-corrected chi connectivity index (χ3v) is 6.41. The van der Waals surface area contributed by atoms with Crippen LogP contribution in [0.5, 0.6) is 5.75 Å². The van der Waals surface area contributed by atoms with Crippen LogP contribution in [0.2, 0.25) is 0 Å². The van der Waals surface area contributed by atoms with E-state index in [9.17, 15) is 4.39 Å². The predicted octanol–water partition coefficient (Wildman–Crippen LogP) is 6.38. The zero-order valence-electron chi connectivity index (χ0n) is 21.3. The predicted molar refractivity (Wildman–Crippen MR) is 146 cm³/mol. The van der Waals surface area contributed by atoms with Crippen LogP contribution in [-0.4, -0.2) is 21.9 Å². The number of pyridine rings is 1. The first-order chi connectivity index (χ1) is 17.7. The minimum absolute atomic E-state index is 0.0885. The van der Waals surface area contributed by atoms with E-state index in [0.717, 1.165) is 49.9 Å². The number of halogens is 1. The van der Waals surface area contributed by atoms with E-state index < -0.39 is 0 Å². The lowest BCUT2D eigenvalue weighted by molar-refractivity contribution is 0.412. The molecule has 2 N–H and O–H groups in total. The molecule has 1 atom stereocenters. The first-order valence-electron chi connectivity index (χ1n) is 11.7. The van der Waals surface area contributed by atoms with Crippen LogP contribution < -0.4 is 10.5 Å². The number of methoxy groups -OCH3 is 1. The number of hydrogen-bond donors (Lipinski definition) is 1. The van der Waals surface area contributed by atoms with E-state index in [-0.39, 0.29) is 11.7 Å². The molecular weight excluding hydrogens is 465 g/mol. The number of ether oxygens (including phenoxy) is 1. The summed E-state index contributed by atoms with van der Waals surface area (Å²) in [5, 5.41) is 15.8. The highest BCUT2D eigenvalue weighted by molar-refractivity contribution is 6.11. The average Bonchev–Trinajstić information content (AvgIpc) is 3.25. The van der Waals surface area contributed by atoms with E-state index >= 15 is 0 Å². The van der Waals surface area contributed by atoms with E-state index in [1.807, 2.05) is 62.1 Å². The Balaban J connectivity index is 0.000000225. The maximum Gasteiger partial charge on any atom is 0.123 e. The van der Waals surface area contributed by atoms with Gasteiger partial charge in [-0.2, -0.15) is 10.4 Å². The maximum absolute atomic E-state index is 12.5. The number of nitriles is 1. The summed E-state index contributed by atoms with van der Waals surface area (Å²) >= 11 is 0. The Kier molecular flexibility index (Phi) is 7.21. The molecule has 7 heteroatoms. The van der Waals surface area contributed by atoms with Crippen molar-refractivity contribution in [3.8, 4) is 23.1 Å². The second kappa shape index (κ2) is 10.5. The second-order valence-electron chi connectivity index (χ2n) is 8.87. The Labute approximate surface area is 215 Å². The molecule has 0 saturated heterocycles. The fourth-order valence-corrected chi connectivity index (χ4v) is 4.16. The molecule has 0 aliphatic carbocycles. The van der Waals surface area contributed by atoms with Gasteiger partial charge >= 0.3 is 0 Å². The van der Waals surface area contributed by atoms with Crippen LogP contribution in [0.1, 0.15) is 29.5 Å². The lowest BCUT2D eigenvalue weighted by Gasteiger charge is -2.10. The second-order valence-corrected chi connectivity index (χ2v) is 8.87. The van der Waals surface area contributed by atoms with Gasteiger partial charge in [0.1, 0.15) is 17.3 Å². The SMILES string of the molecule is C=C(N)C(C)c1ccc(F)cc1.COc1cc2ncc3c(c(-c4ccc(C#N)cc4)nn3C)c2cc1C. The highest BCUT2D eigenvalue weighted by Gasteiger charge is 2.16. The van der Waals surface area contributed by atoms with Crippen molar-refractivity contribution in [1.82, 2.24) is 14.8 Å². The highest BCUT2D eigenvalue weighted by Crippen LogP contribution is 2.35. The number of rotatable bonds is 4. The van der Waals surface area contributed by atoms with Crippen molar-refractivity contribution in [2.75, 3.05) is 7.11 Å². The standard InChI is InChI=1S/C20H16N4O.C10H12FN/c1-12-8-15-16(9-18(12)25-3)22-11-17-19(15)20(23-24(17)2)14-6-4-13(10-21)5-7-14;1-7(8(2)12)9-3-5-10(11)6-4-9/h4-9,11H,1-3H3;3-7H,2,12H2,1H3. The average molecular weight is 494 g/mol. The number of benzene rings is 3. The van der Waals surface area contributed by atoms with Crippen LogP contribution >= 0.6 is 0 Å². The molecule has 0 fully saturated rings. The number of nitrogens with two attached hydrogens (primary N) is 1. The Morgan fingerprint density at radius 1 is 1.14 bits per heavy atom. The van der Waals surface area contributed by atoms with Crippen LogP contribution in [0.25, 0.3) is 33.1 Å². The van der Waals surface area contributed by atoms with Crippen LogP contribution in [0.15, 0.2) is 79.1 Å². The molecule has 186 valence electrons. The fraction of sp³-hybridized carbons (Fsp3) is 0.167. The Hall–Kier alpha value is -4.70. The summed E-state index contributed by atoms with van der Waals surface area (Å²) in [5.41, 5.74) is 12.5. The molecule has 0 radical (unpaired) electrons. The third-order valence-electron chi connectivity index (χ3n) is 6.41. The number of nitrogens with zero attached hydrogens (tertiary/aromatic N) is 4. The first-order valence-corrected chi connectivity index (χ1v) is 11.7. The van der Waals surface area contributed by atoms with Gasteiger partial charge in [0.15, 0.2) is 0 Å². The van der Waals surface area contributed by atoms with Gasteiger partial charge < -0.3 is 10.5 Å². The van der Waals surface area contributed by atoms with Crippen molar-refractivity contribution in [1.29, 1.82) is 5.26 Å². The topological polar surface area (TPSA) is 89.8 Å². The molecule has 1 unspecified atom stereocenters. The molecule has 2 aromatic heterocycles. The molecule has 0 aliphatic heterocycles. The summed E-state index contributed by atoms with van der Waals surface area (Å²) in [6, 6.07) is 20.0. The molecule has 0 aliphatic rings. The molecule has 0 amide bonds.